The first-order chi connectivity index (χ1) is 9.70. The van der Waals surface area contributed by atoms with E-state index < -0.39 is 0 Å². The van der Waals surface area contributed by atoms with Crippen molar-refractivity contribution in [3.63, 3.8) is 0 Å². The third kappa shape index (κ3) is 4.01. The fraction of sp³-hybridized carbons (Fsp3) is 0.615. The first kappa shape index (κ1) is 14.9. The van der Waals surface area contributed by atoms with Gasteiger partial charge in [0.1, 0.15) is 0 Å². The normalized spacial score (nSPS) is 15.2. The Labute approximate surface area is 123 Å². The number of carbonyl (C=O) groups excluding carboxylic acids is 2. The minimum Gasteiger partial charge on any atom is -0.378 e. The molecule has 2 heterocycles. The number of amides is 2. The van der Waals surface area contributed by atoms with E-state index in [1.165, 1.54) is 11.3 Å². The average molecular weight is 299 g/mol. The number of ether oxygens (including phenoxy) is 1. The molecule has 2 amide bonds. The highest BCUT2D eigenvalue weighted by molar-refractivity contribution is 7.13. The van der Waals surface area contributed by atoms with Gasteiger partial charge in [0.05, 0.1) is 13.2 Å². The molecule has 6 nitrogen and oxygen atoms in total. The first-order valence-electron chi connectivity index (χ1n) is 6.79. The van der Waals surface area contributed by atoms with Crippen molar-refractivity contribution in [3.8, 4) is 0 Å². The Balaban J connectivity index is 0.00000220. The molecule has 1 aliphatic heterocycles. The molecule has 0 atom stereocenters. The van der Waals surface area contributed by atoms with Gasteiger partial charge in [-0.3, -0.25) is 9.59 Å². The molecule has 0 spiro atoms. The van der Waals surface area contributed by atoms with Gasteiger partial charge < -0.3 is 15.0 Å². The highest BCUT2D eigenvalue weighted by Gasteiger charge is 2.17. The van der Waals surface area contributed by atoms with Gasteiger partial charge in [-0.05, 0) is 6.42 Å². The number of nitrogens with zero attached hydrogens (tertiary/aromatic N) is 2. The van der Waals surface area contributed by atoms with Crippen LogP contribution in [-0.4, -0.2) is 54.5 Å². The molecule has 1 aromatic heterocycles. The number of carbonyl (C=O) groups is 2. The maximum absolute atomic E-state index is 11.9. The molecular weight excluding hydrogens is 278 g/mol. The van der Waals surface area contributed by atoms with E-state index >= 15 is 0 Å². The second-order valence-electron chi connectivity index (χ2n) is 4.48. The maximum Gasteiger partial charge on any atom is 0.280 e. The smallest absolute Gasteiger partial charge is 0.280 e. The molecule has 20 heavy (non-hydrogen) atoms. The second kappa shape index (κ2) is 7.35. The molecule has 0 bridgehead atoms. The molecule has 1 aromatic rings. The zero-order valence-corrected chi connectivity index (χ0v) is 12.4. The minimum absolute atomic E-state index is 0. The third-order valence-corrected chi connectivity index (χ3v) is 4.22. The van der Waals surface area contributed by atoms with Crippen LogP contribution < -0.4 is 5.32 Å². The van der Waals surface area contributed by atoms with Gasteiger partial charge in [0, 0.05) is 38.6 Å². The Bertz CT molecular complexity index is 475. The van der Waals surface area contributed by atoms with Crippen molar-refractivity contribution in [3.05, 3.63) is 16.1 Å². The van der Waals surface area contributed by atoms with E-state index in [9.17, 15) is 9.59 Å². The van der Waals surface area contributed by atoms with Gasteiger partial charge in [-0.1, -0.05) is 6.92 Å². The Hall–Kier alpha value is -1.47. The average Bonchev–Trinajstić information content (AvgIpc) is 2.97. The Kier molecular flexibility index (Phi) is 5.49. The zero-order chi connectivity index (χ0) is 14.4. The van der Waals surface area contributed by atoms with Crippen LogP contribution in [0.3, 0.4) is 0 Å². The summed E-state index contributed by atoms with van der Waals surface area (Å²) >= 11 is 1.39. The minimum atomic E-state index is -0.204. The number of hydrogen-bond donors (Lipinski definition) is 1. The van der Waals surface area contributed by atoms with E-state index in [-0.39, 0.29) is 13.2 Å². The number of rotatable bonds is 5. The first-order valence-corrected chi connectivity index (χ1v) is 7.60. The van der Waals surface area contributed by atoms with Crippen molar-refractivity contribution in [2.75, 3.05) is 32.8 Å². The van der Waals surface area contributed by atoms with Crippen LogP contribution in [0.1, 0.15) is 29.5 Å². The van der Waals surface area contributed by atoms with Gasteiger partial charge in [-0.2, -0.15) is 0 Å². The summed E-state index contributed by atoms with van der Waals surface area (Å²) in [4.78, 5) is 30.6. The monoisotopic (exact) mass is 299 g/mol. The number of hydrogen-bond acceptors (Lipinski definition) is 5. The second-order valence-corrected chi connectivity index (χ2v) is 5.60. The van der Waals surface area contributed by atoms with Gasteiger partial charge >= 0.3 is 0 Å². The van der Waals surface area contributed by atoms with Crippen LogP contribution in [0.5, 0.6) is 0 Å². The summed E-state index contributed by atoms with van der Waals surface area (Å²) < 4.78 is 5.19. The quantitative estimate of drug-likeness (QED) is 0.878. The fourth-order valence-electron chi connectivity index (χ4n) is 1.91. The lowest BCUT2D eigenvalue weighted by atomic mass is 10.3. The van der Waals surface area contributed by atoms with Gasteiger partial charge in [0.25, 0.3) is 5.91 Å². The summed E-state index contributed by atoms with van der Waals surface area (Å²) in [5.41, 5.74) is 0. The van der Waals surface area contributed by atoms with Crippen molar-refractivity contribution in [2.24, 2.45) is 0 Å². The van der Waals surface area contributed by atoms with Crippen molar-refractivity contribution in [1.29, 1.82) is 0 Å². The topological polar surface area (TPSA) is 71.5 Å². The van der Waals surface area contributed by atoms with Crippen molar-refractivity contribution < 1.29 is 15.8 Å². The third-order valence-electron chi connectivity index (χ3n) is 3.08. The molecule has 0 aliphatic carbocycles. The summed E-state index contributed by atoms with van der Waals surface area (Å²) in [5.74, 6) is -0.147. The number of aromatic nitrogens is 1. The molecule has 0 aromatic carbocycles. The van der Waals surface area contributed by atoms with Crippen LogP contribution in [0.4, 0.5) is 0 Å². The lowest BCUT2D eigenvalue weighted by Gasteiger charge is -2.26. The van der Waals surface area contributed by atoms with E-state index in [2.05, 4.69) is 10.3 Å². The predicted molar refractivity (Wildman–Crippen MR) is 78.0 cm³/mol. The summed E-state index contributed by atoms with van der Waals surface area (Å²) in [6.45, 7) is 4.83. The fourth-order valence-corrected chi connectivity index (χ4v) is 2.67. The van der Waals surface area contributed by atoms with Crippen LogP contribution in [0.15, 0.2) is 6.20 Å². The van der Waals surface area contributed by atoms with E-state index in [0.717, 1.165) is 11.3 Å². The molecular formula is C13H21N3O3S. The molecule has 0 unspecified atom stereocenters. The van der Waals surface area contributed by atoms with Crippen LogP contribution >= 0.6 is 11.3 Å². The molecule has 112 valence electrons. The van der Waals surface area contributed by atoms with Crippen LogP contribution in [0.25, 0.3) is 0 Å². The molecule has 1 saturated heterocycles. The van der Waals surface area contributed by atoms with Crippen LogP contribution in [0.2, 0.25) is 0 Å². The number of aryl methyl sites for hydroxylation is 1. The Morgan fingerprint density at radius 3 is 2.90 bits per heavy atom. The summed E-state index contributed by atoms with van der Waals surface area (Å²) in [7, 11) is 0. The Morgan fingerprint density at radius 2 is 2.25 bits per heavy atom. The number of morpholine rings is 1. The molecule has 1 fully saturated rings. The molecule has 0 radical (unpaired) electrons. The van der Waals surface area contributed by atoms with Crippen molar-refractivity contribution in [2.45, 2.75) is 19.8 Å². The van der Waals surface area contributed by atoms with Gasteiger partial charge in [-0.25, -0.2) is 4.98 Å². The van der Waals surface area contributed by atoms with E-state index in [0.29, 0.717) is 44.3 Å². The maximum atomic E-state index is 11.9. The van der Waals surface area contributed by atoms with Crippen LogP contribution in [-0.2, 0) is 16.0 Å². The largest absolute Gasteiger partial charge is 0.378 e. The summed E-state index contributed by atoms with van der Waals surface area (Å²) in [6, 6.07) is 0. The van der Waals surface area contributed by atoms with Crippen molar-refractivity contribution >= 4 is 23.2 Å². The van der Waals surface area contributed by atoms with Crippen molar-refractivity contribution in [1.82, 2.24) is 15.2 Å². The predicted octanol–water partition coefficient (Wildman–Crippen LogP) is 0.930. The highest BCUT2D eigenvalue weighted by atomic mass is 32.1. The molecule has 2 rings (SSSR count). The van der Waals surface area contributed by atoms with E-state index in [4.69, 9.17) is 4.74 Å². The summed E-state index contributed by atoms with van der Waals surface area (Å²) in [5, 5.41) is 3.20. The zero-order valence-electron chi connectivity index (χ0n) is 11.6. The molecule has 1 aliphatic rings. The van der Waals surface area contributed by atoms with Crippen LogP contribution in [0, 0.1) is 0 Å². The molecule has 7 heteroatoms. The standard InChI is InChI=1S/C13H19N3O3S.H2/c1-2-10-9-15-13(20-10)12(18)14-4-3-11(17)16-5-7-19-8-6-16;/h9H,2-8H2,1H3,(H,14,18);1H. The Morgan fingerprint density at radius 1 is 1.50 bits per heavy atom. The number of thiazole rings is 1. The SMILES string of the molecule is CCc1cnc(C(=O)NCCC(=O)N2CCOCC2)s1.[HH]. The van der Waals surface area contributed by atoms with Gasteiger partial charge in [0.15, 0.2) is 5.01 Å². The lowest BCUT2D eigenvalue weighted by Crippen LogP contribution is -2.42. The van der Waals surface area contributed by atoms with Gasteiger partial charge in [0.2, 0.25) is 5.91 Å². The highest BCUT2D eigenvalue weighted by Crippen LogP contribution is 2.12. The van der Waals surface area contributed by atoms with Gasteiger partial charge in [-0.15, -0.1) is 11.3 Å². The molecule has 0 saturated carbocycles. The summed E-state index contributed by atoms with van der Waals surface area (Å²) in [6.07, 6.45) is 2.91. The molecule has 1 N–H and O–H groups in total. The lowest BCUT2D eigenvalue weighted by molar-refractivity contribution is -0.135. The van der Waals surface area contributed by atoms with E-state index in [1.54, 1.807) is 11.1 Å². The van der Waals surface area contributed by atoms with E-state index in [1.807, 2.05) is 6.92 Å². The number of nitrogens with one attached hydrogen (secondary N) is 1.